The molecule has 0 unspecified atom stereocenters. The van der Waals surface area contributed by atoms with Crippen molar-refractivity contribution in [2.45, 2.75) is 153 Å². The van der Waals surface area contributed by atoms with Crippen molar-refractivity contribution in [3.05, 3.63) is 162 Å². The molecular formula is C75H82N8O6. The van der Waals surface area contributed by atoms with Gasteiger partial charge < -0.3 is 34.1 Å². The number of aromatic amines is 4. The second-order valence-corrected chi connectivity index (χ2v) is 24.0. The van der Waals surface area contributed by atoms with Gasteiger partial charge in [-0.1, -0.05) is 78.0 Å². The number of hydrogen-bond acceptors (Lipinski definition) is 10. The van der Waals surface area contributed by atoms with Gasteiger partial charge in [0.1, 0.15) is 0 Å². The number of benzene rings is 1. The van der Waals surface area contributed by atoms with Crippen LogP contribution >= 0.6 is 0 Å². The third-order valence-electron chi connectivity index (χ3n) is 19.3. The highest BCUT2D eigenvalue weighted by molar-refractivity contribution is 6.05. The summed E-state index contributed by atoms with van der Waals surface area (Å²) in [5.41, 5.74) is 32.3. The second-order valence-electron chi connectivity index (χ2n) is 24.0. The molecule has 4 N–H and O–H groups in total. The van der Waals surface area contributed by atoms with Crippen molar-refractivity contribution in [1.29, 1.82) is 0 Å². The number of hydrogen-bond donors (Lipinski definition) is 4. The average molecular weight is 1190 g/mol. The summed E-state index contributed by atoms with van der Waals surface area (Å²) >= 11 is 0. The Morgan fingerprint density at radius 1 is 0.506 bits per heavy atom. The minimum absolute atomic E-state index is 0.117. The van der Waals surface area contributed by atoms with Gasteiger partial charge in [-0.05, 0) is 201 Å². The molecule has 0 amide bonds. The van der Waals surface area contributed by atoms with Gasteiger partial charge in [-0.2, -0.15) is 0 Å². The maximum absolute atomic E-state index is 13.9. The summed E-state index contributed by atoms with van der Waals surface area (Å²) in [7, 11) is 4.06. The van der Waals surface area contributed by atoms with Gasteiger partial charge in [0.15, 0.2) is 0 Å². The molecule has 7 aromatic rings. The molecule has 10 heterocycles. The molecule has 0 spiro atoms. The van der Waals surface area contributed by atoms with Crippen LogP contribution in [-0.4, -0.2) is 79.1 Å². The van der Waals surface area contributed by atoms with E-state index in [-0.39, 0.29) is 36.2 Å². The second kappa shape index (κ2) is 24.8. The summed E-state index contributed by atoms with van der Waals surface area (Å²) in [5, 5.41) is 0. The first-order valence-corrected chi connectivity index (χ1v) is 31.4. The molecule has 4 aliphatic heterocycles. The normalized spacial score (nSPS) is 15.1. The van der Waals surface area contributed by atoms with Gasteiger partial charge in [0.25, 0.3) is 0 Å². The van der Waals surface area contributed by atoms with E-state index in [0.29, 0.717) is 40.7 Å². The lowest BCUT2D eigenvalue weighted by Gasteiger charge is -2.17. The number of allylic oxidation sites excluding steroid dienone is 6. The molecule has 6 aromatic heterocycles. The highest BCUT2D eigenvalue weighted by Crippen LogP contribution is 2.45. The van der Waals surface area contributed by atoms with E-state index < -0.39 is 11.9 Å². The van der Waals surface area contributed by atoms with Crippen LogP contribution in [0.15, 0.2) is 60.7 Å². The number of nitrogens with zero attached hydrogens (tertiary/aromatic N) is 4. The number of esters is 3. The molecule has 0 saturated heterocycles. The Morgan fingerprint density at radius 3 is 1.64 bits per heavy atom. The Morgan fingerprint density at radius 2 is 1.03 bits per heavy atom. The summed E-state index contributed by atoms with van der Waals surface area (Å²) < 4.78 is 15.8. The number of methoxy groups -OCH3 is 3. The molecule has 4 aliphatic rings. The topological polar surface area (TPSA) is 194 Å². The number of carbonyl (C=O) groups is 3. The highest BCUT2D eigenvalue weighted by atomic mass is 16.5. The summed E-state index contributed by atoms with van der Waals surface area (Å²) in [5.74, 6) is -2.00. The molecule has 0 aliphatic carbocycles. The van der Waals surface area contributed by atoms with Crippen LogP contribution in [0.25, 0.3) is 101 Å². The Hall–Kier alpha value is -9.17. The van der Waals surface area contributed by atoms with Crippen LogP contribution in [0.1, 0.15) is 212 Å². The number of ether oxygens (including phenoxy) is 3. The van der Waals surface area contributed by atoms with Gasteiger partial charge in [0.2, 0.25) is 0 Å². The predicted molar refractivity (Wildman–Crippen MR) is 362 cm³/mol. The number of carbonyl (C=O) groups excluding carboxylic acids is 3. The van der Waals surface area contributed by atoms with Crippen LogP contribution in [-0.2, 0) is 43.1 Å². The van der Waals surface area contributed by atoms with Crippen molar-refractivity contribution < 1.29 is 28.6 Å². The van der Waals surface area contributed by atoms with Crippen LogP contribution in [0, 0.1) is 27.7 Å². The molecule has 0 radical (unpaired) electrons. The molecule has 0 saturated carbocycles. The van der Waals surface area contributed by atoms with E-state index in [2.05, 4.69) is 170 Å². The molecule has 0 fully saturated rings. The molecule has 16 bridgehead atoms. The number of aromatic nitrogens is 8. The lowest BCUT2D eigenvalue weighted by molar-refractivity contribution is -0.141. The van der Waals surface area contributed by atoms with E-state index in [1.165, 1.54) is 65.9 Å². The van der Waals surface area contributed by atoms with Gasteiger partial charge in [-0.25, -0.2) is 19.7 Å². The van der Waals surface area contributed by atoms with E-state index in [1.807, 2.05) is 13.0 Å². The minimum atomic E-state index is -0.565. The third kappa shape index (κ3) is 10.9. The molecule has 458 valence electrons. The fourth-order valence-electron chi connectivity index (χ4n) is 14.1. The van der Waals surface area contributed by atoms with Crippen molar-refractivity contribution in [2.24, 2.45) is 0 Å². The first-order chi connectivity index (χ1) is 42.8. The van der Waals surface area contributed by atoms with Crippen LogP contribution in [0.2, 0.25) is 0 Å². The van der Waals surface area contributed by atoms with Crippen molar-refractivity contribution >= 4 is 108 Å². The molecule has 89 heavy (non-hydrogen) atoms. The Labute approximate surface area is 521 Å². The Balaban J connectivity index is 1.12. The van der Waals surface area contributed by atoms with E-state index in [1.54, 1.807) is 0 Å². The number of nitrogens with one attached hydrogen (secondary N) is 4. The van der Waals surface area contributed by atoms with Crippen LogP contribution in [0.5, 0.6) is 0 Å². The van der Waals surface area contributed by atoms with Gasteiger partial charge >= 0.3 is 17.9 Å². The first-order valence-electron chi connectivity index (χ1n) is 31.4. The van der Waals surface area contributed by atoms with Gasteiger partial charge in [0, 0.05) is 73.7 Å². The first kappa shape index (κ1) is 61.5. The predicted octanol–water partition coefficient (Wildman–Crippen LogP) is 17.5. The van der Waals surface area contributed by atoms with Crippen molar-refractivity contribution in [2.75, 3.05) is 21.3 Å². The van der Waals surface area contributed by atoms with E-state index in [0.717, 1.165) is 138 Å². The van der Waals surface area contributed by atoms with Crippen LogP contribution < -0.4 is 0 Å². The summed E-state index contributed by atoms with van der Waals surface area (Å²) in [6.45, 7) is 28.1. The fourth-order valence-corrected chi connectivity index (χ4v) is 14.1. The van der Waals surface area contributed by atoms with Crippen LogP contribution in [0.4, 0.5) is 0 Å². The molecular weight excluding hydrogens is 1110 g/mol. The average Bonchev–Trinajstić information content (AvgIpc) is 1.66. The maximum Gasteiger partial charge on any atom is 0.340 e. The lowest BCUT2D eigenvalue weighted by atomic mass is 9.85. The number of aryl methyl sites for hydroxylation is 6. The van der Waals surface area contributed by atoms with Gasteiger partial charge in [-0.15, -0.1) is 0 Å². The van der Waals surface area contributed by atoms with Crippen molar-refractivity contribution in [3.8, 4) is 11.1 Å². The molecule has 14 nitrogen and oxygen atoms in total. The van der Waals surface area contributed by atoms with Gasteiger partial charge in [-0.3, -0.25) is 14.6 Å². The van der Waals surface area contributed by atoms with Gasteiger partial charge in [0.05, 0.1) is 84.2 Å². The minimum Gasteiger partial charge on any atom is -0.469 e. The Kier molecular flexibility index (Phi) is 17.1. The fraction of sp³-hybridized carbons (Fsp3) is 0.347. The van der Waals surface area contributed by atoms with E-state index >= 15 is 0 Å². The Bertz CT molecular complexity index is 4610. The van der Waals surface area contributed by atoms with Crippen LogP contribution in [0.3, 0.4) is 0 Å². The summed E-state index contributed by atoms with van der Waals surface area (Å²) in [4.78, 5) is 77.0. The molecule has 1 aromatic carbocycles. The summed E-state index contributed by atoms with van der Waals surface area (Å²) in [6, 6.07) is 21.8. The SMILES string of the molecule is CCC1=C(C)c2cc3[nH]c(cc4nc(c(CC(=O)OC)c5[nH]c(cc1n2)c(C)c5C(=O)OC)[C@@H](CCC(=O)OC)[C@@H]4C)c(C)c3/C=C/c1ccc(-c2c3nc(cc4[nH]c(cc5nc(cc6[nH]c2c(C)c6CC)C(C)=C5CC)c(CC)c4C)C(CC)=C3C)cc1. The zero-order valence-corrected chi connectivity index (χ0v) is 54.5. The smallest absolute Gasteiger partial charge is 0.340 e. The number of fused-ring (bicyclic) bond motifs is 16. The van der Waals surface area contributed by atoms with E-state index in [4.69, 9.17) is 34.1 Å². The molecule has 14 heteroatoms. The largest absolute Gasteiger partial charge is 0.469 e. The number of rotatable bonds is 14. The monoisotopic (exact) mass is 1190 g/mol. The van der Waals surface area contributed by atoms with Crippen molar-refractivity contribution in [1.82, 2.24) is 39.9 Å². The summed E-state index contributed by atoms with van der Waals surface area (Å²) in [6.07, 6.45) is 8.78. The van der Waals surface area contributed by atoms with E-state index in [9.17, 15) is 14.4 Å². The third-order valence-corrected chi connectivity index (χ3v) is 19.3. The van der Waals surface area contributed by atoms with Crippen molar-refractivity contribution in [3.63, 3.8) is 0 Å². The zero-order valence-electron chi connectivity index (χ0n) is 54.5. The molecule has 2 atom stereocenters. The standard InChI is InChI=1S/C75H82N8O6/c1-17-47-37(6)58-34-66-52(40(9)55(79-66)31-59-41(10)53(28-29-67(84)87-14)73(80-59)54(30-68(85)88-15)74-69(75(86)89-16)44(13)60(81-74)35-61(47)76-58)27-24-45-22-25-46(26-23-45)70-71-42(11)50(20-4)64(82-71)32-56-38(7)48(18-2)62(77-56)36-63-49(19-3)39(8)57(78-63)33-65-51(21-5)43(12)72(70)83-65/h22-27,31-36,41,53,77,79,81,83H,17-21,28-30H2,1-16H3/b27-24+,55-31?,56-32?,57-33?,58-34?,59-31?,60-35?,61-35?,62-36?,63-36?,64-32?,65-33?,66-34?,71-70?,72-70?,73-54?,74-54?/t41-,53-/m0/s1. The quantitative estimate of drug-likeness (QED) is 0.0601. The lowest BCUT2D eigenvalue weighted by Crippen LogP contribution is -2.13. The zero-order chi connectivity index (χ0) is 63.4. The number of H-pyrrole nitrogens is 4. The highest BCUT2D eigenvalue weighted by Gasteiger charge is 2.34. The molecule has 11 rings (SSSR count). The maximum atomic E-state index is 13.9.